The van der Waals surface area contributed by atoms with Gasteiger partial charge in [0.15, 0.2) is 0 Å². The first-order chi connectivity index (χ1) is 9.63. The van der Waals surface area contributed by atoms with Gasteiger partial charge in [0, 0.05) is 0 Å². The second-order valence-corrected chi connectivity index (χ2v) is 4.14. The second-order valence-electron chi connectivity index (χ2n) is 4.14. The molecule has 0 fully saturated rings. The maximum absolute atomic E-state index is 12.7. The average molecular weight is 271 g/mol. The van der Waals surface area contributed by atoms with Crippen molar-refractivity contribution in [3.63, 3.8) is 0 Å². The highest BCUT2D eigenvalue weighted by atomic mass is 19.1. The third kappa shape index (κ3) is 4.24. The van der Waals surface area contributed by atoms with Crippen molar-refractivity contribution >= 4 is 12.0 Å². The van der Waals surface area contributed by atoms with E-state index >= 15 is 0 Å². The number of carbonyl (C=O) groups is 1. The Morgan fingerprint density at radius 1 is 1.10 bits per heavy atom. The standard InChI is InChI=1S/C16H13FO3/c17-14-6-1-13(2-7-14)11-20-15-8-3-12(4-9-15)5-10-16(18)19/h1-10H,11H2,(H,18,19)/p-1/b10-5-. The molecule has 0 amide bonds. The Morgan fingerprint density at radius 3 is 2.35 bits per heavy atom. The number of hydrogen-bond acceptors (Lipinski definition) is 3. The number of rotatable bonds is 5. The molecule has 0 aliphatic heterocycles. The van der Waals surface area contributed by atoms with Gasteiger partial charge in [-0.15, -0.1) is 0 Å². The topological polar surface area (TPSA) is 49.4 Å². The Morgan fingerprint density at radius 2 is 1.75 bits per heavy atom. The Labute approximate surface area is 115 Å². The molecule has 0 unspecified atom stereocenters. The van der Waals surface area contributed by atoms with Gasteiger partial charge in [-0.05, 0) is 41.5 Å². The first-order valence-electron chi connectivity index (χ1n) is 6.00. The fraction of sp³-hybridized carbons (Fsp3) is 0.0625. The van der Waals surface area contributed by atoms with Gasteiger partial charge in [0.2, 0.25) is 0 Å². The quantitative estimate of drug-likeness (QED) is 0.783. The molecule has 2 rings (SSSR count). The lowest BCUT2D eigenvalue weighted by atomic mass is 10.2. The zero-order valence-electron chi connectivity index (χ0n) is 10.6. The second kappa shape index (κ2) is 6.52. The Balaban J connectivity index is 1.93. The molecule has 0 aliphatic rings. The van der Waals surface area contributed by atoms with Crippen LogP contribution in [0.25, 0.3) is 6.08 Å². The van der Waals surface area contributed by atoms with Gasteiger partial charge in [-0.3, -0.25) is 0 Å². The van der Waals surface area contributed by atoms with Gasteiger partial charge in [0.1, 0.15) is 18.2 Å². The van der Waals surface area contributed by atoms with E-state index in [9.17, 15) is 14.3 Å². The van der Waals surface area contributed by atoms with Crippen molar-refractivity contribution in [1.82, 2.24) is 0 Å². The molecule has 4 heteroatoms. The van der Waals surface area contributed by atoms with E-state index in [4.69, 9.17) is 4.74 Å². The number of carboxylic acids is 1. The van der Waals surface area contributed by atoms with Crippen LogP contribution in [0.1, 0.15) is 11.1 Å². The molecule has 0 aromatic heterocycles. The minimum atomic E-state index is -1.23. The third-order valence-electron chi connectivity index (χ3n) is 2.61. The molecule has 20 heavy (non-hydrogen) atoms. The monoisotopic (exact) mass is 271 g/mol. The summed E-state index contributed by atoms with van der Waals surface area (Å²) in [5.74, 6) is -0.862. The van der Waals surface area contributed by atoms with Crippen LogP contribution >= 0.6 is 0 Å². The van der Waals surface area contributed by atoms with Crippen LogP contribution in [0.2, 0.25) is 0 Å². The molecule has 0 radical (unpaired) electrons. The highest BCUT2D eigenvalue weighted by molar-refractivity contribution is 5.83. The fourth-order valence-electron chi connectivity index (χ4n) is 1.59. The normalized spacial score (nSPS) is 10.7. The molecule has 2 aromatic carbocycles. The van der Waals surface area contributed by atoms with Gasteiger partial charge >= 0.3 is 0 Å². The van der Waals surface area contributed by atoms with Crippen LogP contribution in [0.15, 0.2) is 54.6 Å². The number of ether oxygens (including phenoxy) is 1. The zero-order chi connectivity index (χ0) is 14.4. The van der Waals surface area contributed by atoms with Crippen molar-refractivity contribution in [1.29, 1.82) is 0 Å². The number of halogens is 1. The molecule has 0 atom stereocenters. The van der Waals surface area contributed by atoms with E-state index in [0.29, 0.717) is 12.4 Å². The van der Waals surface area contributed by atoms with Crippen LogP contribution in [0, 0.1) is 5.82 Å². The number of aliphatic carboxylic acids is 1. The summed E-state index contributed by atoms with van der Waals surface area (Å²) in [6, 6.07) is 13.0. The highest BCUT2D eigenvalue weighted by Gasteiger charge is 1.97. The smallest absolute Gasteiger partial charge is 0.123 e. The van der Waals surface area contributed by atoms with Crippen molar-refractivity contribution in [2.45, 2.75) is 6.61 Å². The van der Waals surface area contributed by atoms with Crippen molar-refractivity contribution in [3.05, 3.63) is 71.6 Å². The molecule has 0 saturated carbocycles. The molecular formula is C16H12FO3-. The van der Waals surface area contributed by atoms with Crippen molar-refractivity contribution in [2.24, 2.45) is 0 Å². The number of benzene rings is 2. The van der Waals surface area contributed by atoms with Gasteiger partial charge in [0.25, 0.3) is 0 Å². The summed E-state index contributed by atoms with van der Waals surface area (Å²) in [7, 11) is 0. The molecule has 3 nitrogen and oxygen atoms in total. The van der Waals surface area contributed by atoms with Crippen LogP contribution < -0.4 is 9.84 Å². The molecule has 0 bridgehead atoms. The van der Waals surface area contributed by atoms with Gasteiger partial charge in [-0.2, -0.15) is 0 Å². The van der Waals surface area contributed by atoms with Crippen LogP contribution in [0.5, 0.6) is 5.75 Å². The van der Waals surface area contributed by atoms with E-state index in [0.717, 1.165) is 17.2 Å². The predicted octanol–water partition coefficient (Wildman–Crippen LogP) is 2.17. The van der Waals surface area contributed by atoms with Gasteiger partial charge in [-0.1, -0.05) is 30.3 Å². The molecule has 0 aliphatic carbocycles. The lowest BCUT2D eigenvalue weighted by Crippen LogP contribution is -2.18. The zero-order valence-corrected chi connectivity index (χ0v) is 10.6. The lowest BCUT2D eigenvalue weighted by molar-refractivity contribution is -0.297. The first kappa shape index (κ1) is 13.8. The Bertz CT molecular complexity index is 601. The summed E-state index contributed by atoms with van der Waals surface area (Å²) in [5, 5.41) is 10.3. The number of carboxylic acid groups (broad SMARTS) is 1. The summed E-state index contributed by atoms with van der Waals surface area (Å²) in [5.41, 5.74) is 1.61. The van der Waals surface area contributed by atoms with Gasteiger partial charge in [0.05, 0.1) is 5.97 Å². The molecule has 0 N–H and O–H groups in total. The van der Waals surface area contributed by atoms with E-state index in [-0.39, 0.29) is 5.82 Å². The molecular weight excluding hydrogens is 259 g/mol. The molecule has 102 valence electrons. The Kier molecular flexibility index (Phi) is 4.50. The SMILES string of the molecule is O=C([O-])/C=C\c1ccc(OCc2ccc(F)cc2)cc1. The van der Waals surface area contributed by atoms with Crippen molar-refractivity contribution in [3.8, 4) is 5.75 Å². The average Bonchev–Trinajstić information content (AvgIpc) is 2.45. The van der Waals surface area contributed by atoms with E-state index in [2.05, 4.69) is 0 Å². The molecule has 2 aromatic rings. The van der Waals surface area contributed by atoms with Gasteiger partial charge < -0.3 is 14.6 Å². The van der Waals surface area contributed by atoms with E-state index in [1.807, 2.05) is 0 Å². The maximum Gasteiger partial charge on any atom is 0.123 e. The van der Waals surface area contributed by atoms with Crippen LogP contribution in [0.3, 0.4) is 0 Å². The van der Waals surface area contributed by atoms with Crippen LogP contribution in [0.4, 0.5) is 4.39 Å². The van der Waals surface area contributed by atoms with Crippen molar-refractivity contribution in [2.75, 3.05) is 0 Å². The largest absolute Gasteiger partial charge is 0.545 e. The third-order valence-corrected chi connectivity index (χ3v) is 2.61. The van der Waals surface area contributed by atoms with E-state index in [1.54, 1.807) is 36.4 Å². The maximum atomic E-state index is 12.7. The molecule has 0 saturated heterocycles. The predicted molar refractivity (Wildman–Crippen MR) is 71.2 cm³/mol. The first-order valence-corrected chi connectivity index (χ1v) is 6.00. The van der Waals surface area contributed by atoms with Crippen molar-refractivity contribution < 1.29 is 19.0 Å². The minimum Gasteiger partial charge on any atom is -0.545 e. The summed E-state index contributed by atoms with van der Waals surface area (Å²) in [4.78, 5) is 10.3. The number of carbonyl (C=O) groups excluding carboxylic acids is 1. The lowest BCUT2D eigenvalue weighted by Gasteiger charge is -2.06. The fourth-order valence-corrected chi connectivity index (χ4v) is 1.59. The van der Waals surface area contributed by atoms with Gasteiger partial charge in [-0.25, -0.2) is 4.39 Å². The van der Waals surface area contributed by atoms with Crippen LogP contribution in [-0.4, -0.2) is 5.97 Å². The molecule has 0 heterocycles. The number of hydrogen-bond donors (Lipinski definition) is 0. The minimum absolute atomic E-state index is 0.280. The summed E-state index contributed by atoms with van der Waals surface area (Å²) >= 11 is 0. The van der Waals surface area contributed by atoms with E-state index < -0.39 is 5.97 Å². The van der Waals surface area contributed by atoms with Crippen LogP contribution in [-0.2, 0) is 11.4 Å². The summed E-state index contributed by atoms with van der Waals surface area (Å²) in [6.45, 7) is 0.342. The van der Waals surface area contributed by atoms with E-state index in [1.165, 1.54) is 18.2 Å². The summed E-state index contributed by atoms with van der Waals surface area (Å²) in [6.07, 6.45) is 2.41. The summed E-state index contributed by atoms with van der Waals surface area (Å²) < 4.78 is 18.3. The highest BCUT2D eigenvalue weighted by Crippen LogP contribution is 2.15. The Hall–Kier alpha value is -2.62. The molecule has 0 spiro atoms.